The number of rotatable bonds is 5. The smallest absolute Gasteiger partial charge is 0.274 e. The normalized spacial score (nSPS) is 11.8. The summed E-state index contributed by atoms with van der Waals surface area (Å²) in [6.45, 7) is 0.217. The van der Waals surface area contributed by atoms with Crippen molar-refractivity contribution < 1.29 is 13.5 Å². The summed E-state index contributed by atoms with van der Waals surface area (Å²) >= 11 is -2.30. The maximum absolute atomic E-state index is 12.4. The van der Waals surface area contributed by atoms with Crippen molar-refractivity contribution in [3.05, 3.63) is 58.4 Å². The van der Waals surface area contributed by atoms with Gasteiger partial charge in [-0.2, -0.15) is 5.10 Å². The van der Waals surface area contributed by atoms with Gasteiger partial charge in [-0.3, -0.25) is 9.00 Å². The topological polar surface area (TPSA) is 96.3 Å². The van der Waals surface area contributed by atoms with Gasteiger partial charge >= 0.3 is 0 Å². The Bertz CT molecular complexity index is 1010. The second-order valence-corrected chi connectivity index (χ2v) is 6.20. The fourth-order valence-corrected chi connectivity index (χ4v) is 2.88. The lowest BCUT2D eigenvalue weighted by molar-refractivity contribution is 0.415. The van der Waals surface area contributed by atoms with Gasteiger partial charge in [-0.25, -0.2) is 9.40 Å². The number of nitrogens with one attached hydrogen (secondary N) is 1. The van der Waals surface area contributed by atoms with Gasteiger partial charge in [-0.05, 0) is 23.8 Å². The second kappa shape index (κ2) is 8.41. The van der Waals surface area contributed by atoms with Crippen molar-refractivity contribution in [1.29, 1.82) is 0 Å². The minimum Gasteiger partial charge on any atom is -0.760 e. The summed E-state index contributed by atoms with van der Waals surface area (Å²) < 4.78 is 30.0. The van der Waals surface area contributed by atoms with E-state index in [0.29, 0.717) is 16.8 Å². The van der Waals surface area contributed by atoms with Crippen molar-refractivity contribution >= 4 is 34.4 Å². The van der Waals surface area contributed by atoms with Gasteiger partial charge in [0, 0.05) is 35.8 Å². The molecule has 3 aromatic rings. The zero-order valence-corrected chi connectivity index (χ0v) is 15.7. The largest absolute Gasteiger partial charge is 0.760 e. The molecule has 7 nitrogen and oxygen atoms in total. The van der Waals surface area contributed by atoms with Gasteiger partial charge in [0.2, 0.25) is 0 Å². The second-order valence-electron chi connectivity index (χ2n) is 5.44. The number of ether oxygens (including phenoxy) is 1. The molecule has 9 heteroatoms. The minimum atomic E-state index is -2.30. The number of hydrogen-bond donors (Lipinski definition) is 1. The van der Waals surface area contributed by atoms with Gasteiger partial charge < -0.3 is 9.29 Å². The van der Waals surface area contributed by atoms with Crippen molar-refractivity contribution in [3.8, 4) is 17.0 Å². The molecule has 0 saturated carbocycles. The predicted molar refractivity (Wildman–Crippen MR) is 102 cm³/mol. The number of benzene rings is 2. The van der Waals surface area contributed by atoms with Gasteiger partial charge in [0.25, 0.3) is 5.56 Å². The number of nitrogens with zero attached hydrogens (tertiary/aromatic N) is 2. The number of aryl methyl sites for hydroxylation is 1. The molecule has 2 aromatic carbocycles. The van der Waals surface area contributed by atoms with E-state index in [-0.39, 0.29) is 24.5 Å². The standard InChI is InChI=1S/C17H17N3O4S.ClH/c1-20-17(21)15-9-13(24-2)7-8-14(15)16(19-20)12-5-3-11(4-6-12)10-18-25(22)23;/h3-9,18H,10H2,1-2H3,(H,22,23);1H/p-1. The molecule has 0 radical (unpaired) electrons. The van der Waals surface area contributed by atoms with Gasteiger partial charge in [0.1, 0.15) is 5.75 Å². The van der Waals surface area contributed by atoms with E-state index in [4.69, 9.17) is 4.74 Å². The number of methoxy groups -OCH3 is 1. The Morgan fingerprint density at radius 3 is 2.50 bits per heavy atom. The van der Waals surface area contributed by atoms with E-state index < -0.39 is 11.3 Å². The monoisotopic (exact) mass is 394 g/mol. The minimum absolute atomic E-state index is 0. The maximum Gasteiger partial charge on any atom is 0.274 e. The van der Waals surface area contributed by atoms with E-state index in [1.165, 1.54) is 4.68 Å². The molecule has 1 N–H and O–H groups in total. The van der Waals surface area contributed by atoms with Crippen LogP contribution in [0.4, 0.5) is 0 Å². The van der Waals surface area contributed by atoms with Gasteiger partial charge in [-0.15, -0.1) is 12.4 Å². The van der Waals surface area contributed by atoms with Crippen LogP contribution in [-0.2, 0) is 24.9 Å². The molecule has 138 valence electrons. The molecular formula is C17H17ClN3O4S-. The van der Waals surface area contributed by atoms with Crippen molar-refractivity contribution in [3.63, 3.8) is 0 Å². The van der Waals surface area contributed by atoms with Crippen LogP contribution < -0.4 is 15.0 Å². The number of hydrogen-bond acceptors (Lipinski definition) is 5. The summed E-state index contributed by atoms with van der Waals surface area (Å²) in [6, 6.07) is 12.6. The van der Waals surface area contributed by atoms with E-state index in [1.54, 1.807) is 26.3 Å². The molecule has 0 bridgehead atoms. The maximum atomic E-state index is 12.4. The molecule has 1 unspecified atom stereocenters. The van der Waals surface area contributed by atoms with Gasteiger partial charge in [0.15, 0.2) is 0 Å². The van der Waals surface area contributed by atoms with Crippen molar-refractivity contribution in [1.82, 2.24) is 14.5 Å². The van der Waals surface area contributed by atoms with Gasteiger partial charge in [-0.1, -0.05) is 24.3 Å². The summed E-state index contributed by atoms with van der Waals surface area (Å²) in [5.74, 6) is 0.605. The molecule has 0 saturated heterocycles. The van der Waals surface area contributed by atoms with Crippen molar-refractivity contribution in [2.45, 2.75) is 6.54 Å². The Labute approximate surface area is 158 Å². The molecule has 0 aliphatic carbocycles. The summed E-state index contributed by atoms with van der Waals surface area (Å²) in [6.07, 6.45) is 0. The lowest BCUT2D eigenvalue weighted by Gasteiger charge is -2.11. The van der Waals surface area contributed by atoms with E-state index in [1.807, 2.05) is 30.3 Å². The molecule has 0 aliphatic rings. The third kappa shape index (κ3) is 4.10. The molecule has 3 rings (SSSR count). The number of halogens is 1. The summed E-state index contributed by atoms with van der Waals surface area (Å²) in [4.78, 5) is 12.4. The van der Waals surface area contributed by atoms with E-state index in [2.05, 4.69) is 9.82 Å². The highest BCUT2D eigenvalue weighted by Gasteiger charge is 2.12. The van der Waals surface area contributed by atoms with E-state index >= 15 is 0 Å². The molecular weight excluding hydrogens is 378 g/mol. The molecule has 1 aromatic heterocycles. The summed E-state index contributed by atoms with van der Waals surface area (Å²) in [7, 11) is 3.15. The third-order valence-corrected chi connectivity index (χ3v) is 4.26. The Morgan fingerprint density at radius 1 is 1.19 bits per heavy atom. The first-order valence-electron chi connectivity index (χ1n) is 7.46. The molecule has 26 heavy (non-hydrogen) atoms. The van der Waals surface area contributed by atoms with E-state index in [9.17, 15) is 13.6 Å². The lowest BCUT2D eigenvalue weighted by atomic mass is 10.0. The van der Waals surface area contributed by atoms with Crippen molar-refractivity contribution in [2.75, 3.05) is 7.11 Å². The van der Waals surface area contributed by atoms with E-state index in [0.717, 1.165) is 16.5 Å². The molecule has 1 heterocycles. The molecule has 0 fully saturated rings. The first-order valence-corrected chi connectivity index (χ1v) is 8.54. The van der Waals surface area contributed by atoms with Crippen LogP contribution in [0.25, 0.3) is 22.0 Å². The Balaban J connectivity index is 0.00000243. The van der Waals surface area contributed by atoms with Crippen LogP contribution in [0.15, 0.2) is 47.3 Å². The fourth-order valence-electron chi connectivity index (χ4n) is 2.59. The van der Waals surface area contributed by atoms with Crippen LogP contribution in [0, 0.1) is 0 Å². The van der Waals surface area contributed by atoms with Crippen LogP contribution >= 0.6 is 12.4 Å². The highest BCUT2D eigenvalue weighted by atomic mass is 35.5. The molecule has 1 atom stereocenters. The molecule has 0 amide bonds. The first-order chi connectivity index (χ1) is 12.0. The first kappa shape index (κ1) is 20.1. The average Bonchev–Trinajstić information content (AvgIpc) is 2.63. The van der Waals surface area contributed by atoms with Crippen molar-refractivity contribution in [2.24, 2.45) is 7.05 Å². The zero-order chi connectivity index (χ0) is 18.0. The Kier molecular flexibility index (Phi) is 6.49. The third-order valence-electron chi connectivity index (χ3n) is 3.88. The predicted octanol–water partition coefficient (Wildman–Crippen LogP) is 1.91. The summed E-state index contributed by atoms with van der Waals surface area (Å²) in [5, 5.41) is 5.64. The molecule has 0 spiro atoms. The Morgan fingerprint density at radius 2 is 1.88 bits per heavy atom. The highest BCUT2D eigenvalue weighted by molar-refractivity contribution is 7.77. The quantitative estimate of drug-likeness (QED) is 0.667. The fraction of sp³-hybridized carbons (Fsp3) is 0.176. The number of aromatic nitrogens is 2. The average molecular weight is 395 g/mol. The van der Waals surface area contributed by atoms with Crippen LogP contribution in [-0.4, -0.2) is 25.7 Å². The summed E-state index contributed by atoms with van der Waals surface area (Å²) in [5.41, 5.74) is 2.13. The molecule has 0 aliphatic heterocycles. The zero-order valence-electron chi connectivity index (χ0n) is 14.1. The van der Waals surface area contributed by atoms with Crippen LogP contribution in [0.3, 0.4) is 0 Å². The van der Waals surface area contributed by atoms with Gasteiger partial charge in [0.05, 0.1) is 18.2 Å². The van der Waals surface area contributed by atoms with Crippen LogP contribution in [0.1, 0.15) is 5.56 Å². The lowest BCUT2D eigenvalue weighted by Crippen LogP contribution is -2.20. The van der Waals surface area contributed by atoms with Crippen LogP contribution in [0.5, 0.6) is 5.75 Å². The Hall–Kier alpha value is -2.26. The van der Waals surface area contributed by atoms with Crippen LogP contribution in [0.2, 0.25) is 0 Å². The highest BCUT2D eigenvalue weighted by Crippen LogP contribution is 2.27. The number of fused-ring (bicyclic) bond motifs is 1. The SMILES string of the molecule is COc1ccc2c(-c3ccc(CNS(=O)[O-])cc3)nn(C)c(=O)c2c1.Cl.